The van der Waals surface area contributed by atoms with Crippen molar-refractivity contribution in [3.05, 3.63) is 59.9 Å². The van der Waals surface area contributed by atoms with Crippen LogP contribution in [0.3, 0.4) is 0 Å². The van der Waals surface area contributed by atoms with Crippen molar-refractivity contribution in [2.45, 2.75) is 6.10 Å². The molecule has 0 fully saturated rings. The highest BCUT2D eigenvalue weighted by Crippen LogP contribution is 2.18. The third-order valence-electron chi connectivity index (χ3n) is 2.81. The molecule has 5 nitrogen and oxygen atoms in total. The van der Waals surface area contributed by atoms with Crippen molar-refractivity contribution in [1.82, 2.24) is 4.98 Å². The number of nitrogens with zero attached hydrogens (tertiary/aromatic N) is 1. The molecule has 5 heteroatoms. The second-order valence-electron chi connectivity index (χ2n) is 4.31. The number of hydrogen-bond donors (Lipinski definition) is 3. The van der Waals surface area contributed by atoms with Crippen LogP contribution in [0.25, 0.3) is 0 Å². The molecule has 2 aromatic rings. The van der Waals surface area contributed by atoms with Gasteiger partial charge in [0.05, 0.1) is 12.7 Å². The molecule has 0 aliphatic carbocycles. The maximum absolute atomic E-state index is 12.4. The number of carbonyl (C=O) groups is 1. The monoisotopic (exact) mass is 272 g/mol. The summed E-state index contributed by atoms with van der Waals surface area (Å²) < 4.78 is 0. The maximum Gasteiger partial charge on any atom is 0.213 e. The summed E-state index contributed by atoms with van der Waals surface area (Å²) in [5.41, 5.74) is 1.46. The highest BCUT2D eigenvalue weighted by atomic mass is 16.3. The Hall–Kier alpha value is -2.24. The molecule has 0 bridgehead atoms. The number of ketones is 1. The van der Waals surface area contributed by atoms with Gasteiger partial charge in [-0.1, -0.05) is 18.2 Å². The Kier molecular flexibility index (Phi) is 4.81. The molecule has 0 aliphatic heterocycles. The van der Waals surface area contributed by atoms with Gasteiger partial charge in [-0.05, 0) is 24.3 Å². The molecular weight excluding hydrogens is 256 g/mol. The average molecular weight is 272 g/mol. The van der Waals surface area contributed by atoms with Crippen molar-refractivity contribution in [3.63, 3.8) is 0 Å². The van der Waals surface area contributed by atoms with E-state index in [4.69, 9.17) is 5.11 Å². The number of nitrogens with one attached hydrogen (secondary N) is 1. The van der Waals surface area contributed by atoms with Gasteiger partial charge in [0.1, 0.15) is 5.69 Å². The molecule has 1 aromatic heterocycles. The summed E-state index contributed by atoms with van der Waals surface area (Å²) in [4.78, 5) is 16.4. The number of benzene rings is 1. The number of hydrogen-bond acceptors (Lipinski definition) is 5. The normalized spacial score (nSPS) is 11.9. The van der Waals surface area contributed by atoms with Crippen LogP contribution in [0.1, 0.15) is 16.1 Å². The molecule has 0 spiro atoms. The van der Waals surface area contributed by atoms with Crippen LogP contribution in [0.2, 0.25) is 0 Å². The summed E-state index contributed by atoms with van der Waals surface area (Å²) in [5.74, 6) is -0.188. The Balaban J connectivity index is 2.21. The Bertz CT molecular complexity index is 572. The van der Waals surface area contributed by atoms with Gasteiger partial charge in [-0.15, -0.1) is 0 Å². The van der Waals surface area contributed by atoms with Crippen molar-refractivity contribution < 1.29 is 15.0 Å². The lowest BCUT2D eigenvalue weighted by Gasteiger charge is -2.13. The Morgan fingerprint density at radius 3 is 2.65 bits per heavy atom. The van der Waals surface area contributed by atoms with Gasteiger partial charge in [-0.25, -0.2) is 0 Å². The Morgan fingerprint density at radius 2 is 1.95 bits per heavy atom. The summed E-state index contributed by atoms with van der Waals surface area (Å²) in [7, 11) is 0. The van der Waals surface area contributed by atoms with E-state index in [2.05, 4.69) is 10.3 Å². The van der Waals surface area contributed by atoms with Crippen LogP contribution in [0.5, 0.6) is 0 Å². The fraction of sp³-hybridized carbons (Fsp3) is 0.200. The first-order valence-electron chi connectivity index (χ1n) is 6.30. The van der Waals surface area contributed by atoms with Crippen molar-refractivity contribution in [2.75, 3.05) is 18.5 Å². The molecule has 3 N–H and O–H groups in total. The molecule has 1 heterocycles. The molecule has 0 amide bonds. The van der Waals surface area contributed by atoms with Gasteiger partial charge in [0, 0.05) is 24.0 Å². The number of para-hydroxylation sites is 1. The minimum absolute atomic E-state index is 0.170. The third kappa shape index (κ3) is 3.40. The Labute approximate surface area is 116 Å². The van der Waals surface area contributed by atoms with E-state index in [0.717, 1.165) is 0 Å². The van der Waals surface area contributed by atoms with Crippen LogP contribution >= 0.6 is 0 Å². The van der Waals surface area contributed by atoms with Crippen molar-refractivity contribution in [1.29, 1.82) is 0 Å². The summed E-state index contributed by atoms with van der Waals surface area (Å²) in [6.07, 6.45) is 0.701. The van der Waals surface area contributed by atoms with E-state index in [-0.39, 0.29) is 18.9 Å². The number of aliphatic hydroxyl groups excluding tert-OH is 2. The molecule has 0 aliphatic rings. The van der Waals surface area contributed by atoms with E-state index in [1.807, 2.05) is 0 Å². The molecule has 104 valence electrons. The van der Waals surface area contributed by atoms with Crippen LogP contribution in [0.15, 0.2) is 48.7 Å². The van der Waals surface area contributed by atoms with E-state index in [1.54, 1.807) is 48.7 Å². The van der Waals surface area contributed by atoms with Gasteiger partial charge >= 0.3 is 0 Å². The zero-order valence-electron chi connectivity index (χ0n) is 10.9. The topological polar surface area (TPSA) is 82.5 Å². The summed E-state index contributed by atoms with van der Waals surface area (Å²) in [6.45, 7) is -0.160. The maximum atomic E-state index is 12.4. The zero-order chi connectivity index (χ0) is 14.4. The quantitative estimate of drug-likeness (QED) is 0.685. The van der Waals surface area contributed by atoms with Crippen molar-refractivity contribution in [2.24, 2.45) is 0 Å². The predicted molar refractivity (Wildman–Crippen MR) is 75.7 cm³/mol. The molecule has 0 saturated heterocycles. The second-order valence-corrected chi connectivity index (χ2v) is 4.31. The first-order chi connectivity index (χ1) is 9.72. The fourth-order valence-corrected chi connectivity index (χ4v) is 1.76. The van der Waals surface area contributed by atoms with Gasteiger partial charge in [-0.3, -0.25) is 9.78 Å². The SMILES string of the molecule is O=C(c1ccccn1)c1ccccc1NCC(O)CO. The standard InChI is InChI=1S/C15H16N2O3/c18-10-11(19)9-17-13-6-2-1-5-12(13)15(20)14-7-3-4-8-16-14/h1-8,11,17-19H,9-10H2. The third-order valence-corrected chi connectivity index (χ3v) is 2.81. The lowest BCUT2D eigenvalue weighted by molar-refractivity contribution is 0.103. The lowest BCUT2D eigenvalue weighted by Crippen LogP contribution is -2.23. The van der Waals surface area contributed by atoms with Crippen LogP contribution in [-0.4, -0.2) is 40.2 Å². The second kappa shape index (κ2) is 6.79. The minimum Gasteiger partial charge on any atom is -0.394 e. The average Bonchev–Trinajstić information content (AvgIpc) is 2.53. The lowest BCUT2D eigenvalue weighted by atomic mass is 10.1. The molecule has 1 atom stereocenters. The zero-order valence-corrected chi connectivity index (χ0v) is 10.9. The summed E-state index contributed by atoms with van der Waals surface area (Å²) in [5, 5.41) is 21.1. The first-order valence-corrected chi connectivity index (χ1v) is 6.30. The molecule has 2 rings (SSSR count). The van der Waals surface area contributed by atoms with Crippen LogP contribution in [0.4, 0.5) is 5.69 Å². The van der Waals surface area contributed by atoms with E-state index in [9.17, 15) is 9.90 Å². The first kappa shape index (κ1) is 14.2. The predicted octanol–water partition coefficient (Wildman–Crippen LogP) is 1.08. The number of aromatic nitrogens is 1. The minimum atomic E-state index is -0.868. The van der Waals surface area contributed by atoms with E-state index < -0.39 is 6.10 Å². The van der Waals surface area contributed by atoms with E-state index in [1.165, 1.54) is 0 Å². The highest BCUT2D eigenvalue weighted by Gasteiger charge is 2.14. The highest BCUT2D eigenvalue weighted by molar-refractivity contribution is 6.11. The molecule has 0 saturated carbocycles. The van der Waals surface area contributed by atoms with Crippen molar-refractivity contribution >= 4 is 11.5 Å². The molecular formula is C15H16N2O3. The Morgan fingerprint density at radius 1 is 1.20 bits per heavy atom. The summed E-state index contributed by atoms with van der Waals surface area (Å²) >= 11 is 0. The smallest absolute Gasteiger partial charge is 0.213 e. The van der Waals surface area contributed by atoms with Gasteiger partial charge < -0.3 is 15.5 Å². The number of anilines is 1. The number of pyridine rings is 1. The van der Waals surface area contributed by atoms with Crippen LogP contribution in [-0.2, 0) is 0 Å². The summed E-state index contributed by atoms with van der Waals surface area (Å²) in [6, 6.07) is 12.2. The van der Waals surface area contributed by atoms with Gasteiger partial charge in [0.25, 0.3) is 0 Å². The van der Waals surface area contributed by atoms with Crippen LogP contribution in [0, 0.1) is 0 Å². The number of carbonyl (C=O) groups excluding carboxylic acids is 1. The van der Waals surface area contributed by atoms with Crippen molar-refractivity contribution in [3.8, 4) is 0 Å². The number of rotatable bonds is 6. The van der Waals surface area contributed by atoms with Gasteiger partial charge in [0.2, 0.25) is 5.78 Å². The largest absolute Gasteiger partial charge is 0.394 e. The van der Waals surface area contributed by atoms with E-state index >= 15 is 0 Å². The van der Waals surface area contributed by atoms with Gasteiger partial charge in [0.15, 0.2) is 0 Å². The molecule has 20 heavy (non-hydrogen) atoms. The van der Waals surface area contributed by atoms with Gasteiger partial charge in [-0.2, -0.15) is 0 Å². The fourth-order valence-electron chi connectivity index (χ4n) is 1.76. The molecule has 1 aromatic carbocycles. The van der Waals surface area contributed by atoms with E-state index in [0.29, 0.717) is 16.9 Å². The molecule has 0 radical (unpaired) electrons. The molecule has 1 unspecified atom stereocenters. The number of aliphatic hydroxyl groups is 2. The van der Waals surface area contributed by atoms with Crippen LogP contribution < -0.4 is 5.32 Å².